The molecule has 2 nitrogen and oxygen atoms in total. The average molecular weight is 218 g/mol. The molecule has 0 unspecified atom stereocenters. The molecule has 0 spiro atoms. The third-order valence-corrected chi connectivity index (χ3v) is 1.74. The van der Waals surface area contributed by atoms with Crippen LogP contribution in [0.4, 0.5) is 0 Å². The van der Waals surface area contributed by atoms with Gasteiger partial charge in [0.05, 0.1) is 6.61 Å². The monoisotopic (exact) mass is 218 g/mol. The van der Waals surface area contributed by atoms with Crippen molar-refractivity contribution < 1.29 is 9.53 Å². The van der Waals surface area contributed by atoms with Crippen LogP contribution in [-0.2, 0) is 9.53 Å². The Labute approximate surface area is 93.1 Å². The minimum absolute atomic E-state index is 0.330. The zero-order valence-corrected chi connectivity index (χ0v) is 10.2. The zero-order valence-electron chi connectivity index (χ0n) is 9.29. The highest BCUT2D eigenvalue weighted by Crippen LogP contribution is 1.88. The van der Waals surface area contributed by atoms with Crippen LogP contribution in [0.3, 0.4) is 0 Å². The highest BCUT2D eigenvalue weighted by atomic mass is 32.1. The highest BCUT2D eigenvalue weighted by molar-refractivity contribution is 7.80. The largest absolute Gasteiger partial charge is 0.463 e. The summed E-state index contributed by atoms with van der Waals surface area (Å²) in [6.45, 7) is 7.99. The van der Waals surface area contributed by atoms with Crippen molar-refractivity contribution in [2.24, 2.45) is 0 Å². The van der Waals surface area contributed by atoms with Gasteiger partial charge in [-0.2, -0.15) is 12.6 Å². The number of hydrogen-bond donors (Lipinski definition) is 1. The Balaban J connectivity index is 0. The molecule has 0 N–H and O–H groups in total. The van der Waals surface area contributed by atoms with E-state index in [1.807, 2.05) is 6.92 Å². The van der Waals surface area contributed by atoms with Crippen molar-refractivity contribution >= 4 is 18.6 Å². The van der Waals surface area contributed by atoms with E-state index < -0.39 is 0 Å². The molecular formula is C11H22O2S. The summed E-state index contributed by atoms with van der Waals surface area (Å²) in [5.74, 6) is 0.708. The fraction of sp³-hybridized carbons (Fsp3) is 0.727. The van der Waals surface area contributed by atoms with Crippen LogP contribution in [0.15, 0.2) is 12.7 Å². The third-order valence-electron chi connectivity index (χ3n) is 1.42. The fourth-order valence-electron chi connectivity index (χ4n) is 0.534. The van der Waals surface area contributed by atoms with Gasteiger partial charge in [0.2, 0.25) is 0 Å². The molecule has 0 saturated heterocycles. The smallest absolute Gasteiger partial charge is 0.330 e. The number of hydrogen-bond acceptors (Lipinski definition) is 3. The minimum Gasteiger partial charge on any atom is -0.463 e. The lowest BCUT2D eigenvalue weighted by atomic mass is 10.4. The highest BCUT2D eigenvalue weighted by Gasteiger charge is 1.91. The van der Waals surface area contributed by atoms with E-state index in [0.717, 1.165) is 18.6 Å². The van der Waals surface area contributed by atoms with E-state index in [1.54, 1.807) is 0 Å². The summed E-state index contributed by atoms with van der Waals surface area (Å²) in [6, 6.07) is 0. The summed E-state index contributed by atoms with van der Waals surface area (Å²) in [6.07, 6.45) is 5.67. The van der Waals surface area contributed by atoms with Crippen LogP contribution >= 0.6 is 12.6 Å². The first-order chi connectivity index (χ1) is 6.72. The van der Waals surface area contributed by atoms with Gasteiger partial charge in [-0.25, -0.2) is 4.79 Å². The lowest BCUT2D eigenvalue weighted by molar-refractivity contribution is -0.137. The molecule has 0 aliphatic heterocycles. The van der Waals surface area contributed by atoms with Crippen LogP contribution in [-0.4, -0.2) is 18.3 Å². The topological polar surface area (TPSA) is 26.3 Å². The standard InChI is InChI=1S/C7H12O2.C4H10S/c1-3-5-6-9-7(8)4-2;1-2-3-4-5/h4H,2-3,5-6H2,1H3;5H,2-4H2,1H3. The summed E-state index contributed by atoms with van der Waals surface area (Å²) in [5.41, 5.74) is 0. The Morgan fingerprint density at radius 2 is 1.93 bits per heavy atom. The van der Waals surface area contributed by atoms with Gasteiger partial charge >= 0.3 is 5.97 Å². The van der Waals surface area contributed by atoms with Crippen molar-refractivity contribution in [2.75, 3.05) is 12.4 Å². The van der Waals surface area contributed by atoms with Gasteiger partial charge in [-0.05, 0) is 18.6 Å². The predicted octanol–water partition coefficient (Wildman–Crippen LogP) is 3.23. The quantitative estimate of drug-likeness (QED) is 0.320. The van der Waals surface area contributed by atoms with E-state index in [4.69, 9.17) is 0 Å². The van der Waals surface area contributed by atoms with E-state index in [1.165, 1.54) is 18.9 Å². The van der Waals surface area contributed by atoms with Crippen molar-refractivity contribution in [3.63, 3.8) is 0 Å². The maximum Gasteiger partial charge on any atom is 0.330 e. The molecule has 0 saturated carbocycles. The van der Waals surface area contributed by atoms with E-state index in [9.17, 15) is 4.79 Å². The second-order valence-electron chi connectivity index (χ2n) is 2.80. The summed E-state index contributed by atoms with van der Waals surface area (Å²) in [7, 11) is 0. The van der Waals surface area contributed by atoms with Crippen LogP contribution in [0.2, 0.25) is 0 Å². The van der Waals surface area contributed by atoms with E-state index in [0.29, 0.717) is 6.61 Å². The number of carbonyl (C=O) groups is 1. The number of carbonyl (C=O) groups excluding carboxylic acids is 1. The molecule has 14 heavy (non-hydrogen) atoms. The van der Waals surface area contributed by atoms with Crippen molar-refractivity contribution in [3.05, 3.63) is 12.7 Å². The van der Waals surface area contributed by atoms with E-state index in [-0.39, 0.29) is 5.97 Å². The van der Waals surface area contributed by atoms with Crippen molar-refractivity contribution in [2.45, 2.75) is 39.5 Å². The second-order valence-corrected chi connectivity index (χ2v) is 3.25. The molecule has 0 aromatic carbocycles. The molecule has 0 atom stereocenters. The predicted molar refractivity (Wildman–Crippen MR) is 64.8 cm³/mol. The van der Waals surface area contributed by atoms with Gasteiger partial charge in [0, 0.05) is 6.08 Å². The van der Waals surface area contributed by atoms with Gasteiger partial charge < -0.3 is 4.74 Å². The Kier molecular flexibility index (Phi) is 17.2. The molecule has 0 heterocycles. The lowest BCUT2D eigenvalue weighted by Gasteiger charge is -1.97. The number of esters is 1. The van der Waals surface area contributed by atoms with Crippen LogP contribution in [0, 0.1) is 0 Å². The van der Waals surface area contributed by atoms with Crippen LogP contribution < -0.4 is 0 Å². The molecular weight excluding hydrogens is 196 g/mol. The summed E-state index contributed by atoms with van der Waals surface area (Å²) in [4.78, 5) is 10.3. The Morgan fingerprint density at radius 1 is 1.36 bits per heavy atom. The summed E-state index contributed by atoms with van der Waals surface area (Å²) < 4.78 is 4.67. The molecule has 0 aliphatic carbocycles. The molecule has 0 aromatic heterocycles. The van der Waals surface area contributed by atoms with Gasteiger partial charge in [-0.15, -0.1) is 0 Å². The van der Waals surface area contributed by atoms with Gasteiger partial charge in [-0.3, -0.25) is 0 Å². The first-order valence-corrected chi connectivity index (χ1v) is 5.76. The Hall–Kier alpha value is -0.440. The molecule has 0 fully saturated rings. The molecule has 0 aromatic rings. The molecule has 84 valence electrons. The van der Waals surface area contributed by atoms with Gasteiger partial charge in [0.1, 0.15) is 0 Å². The summed E-state index contributed by atoms with van der Waals surface area (Å²) in [5, 5.41) is 0. The first-order valence-electron chi connectivity index (χ1n) is 5.12. The maximum atomic E-state index is 10.3. The van der Waals surface area contributed by atoms with Crippen LogP contribution in [0.1, 0.15) is 39.5 Å². The number of rotatable bonds is 6. The SMILES string of the molecule is C=CC(=O)OCCCC.CCCCS. The number of thiol groups is 1. The maximum absolute atomic E-state index is 10.3. The molecule has 0 radical (unpaired) electrons. The Bertz CT molecular complexity index is 133. The summed E-state index contributed by atoms with van der Waals surface area (Å²) >= 11 is 4.00. The van der Waals surface area contributed by atoms with Gasteiger partial charge in [0.15, 0.2) is 0 Å². The fourth-order valence-corrected chi connectivity index (χ4v) is 0.850. The molecule has 0 bridgehead atoms. The zero-order chi connectivity index (χ0) is 11.2. The average Bonchev–Trinajstić information content (AvgIpc) is 2.20. The van der Waals surface area contributed by atoms with E-state index in [2.05, 4.69) is 30.9 Å². The molecule has 0 amide bonds. The van der Waals surface area contributed by atoms with Crippen molar-refractivity contribution in [3.8, 4) is 0 Å². The van der Waals surface area contributed by atoms with Crippen LogP contribution in [0.25, 0.3) is 0 Å². The van der Waals surface area contributed by atoms with Crippen molar-refractivity contribution in [1.82, 2.24) is 0 Å². The first kappa shape index (κ1) is 16.0. The van der Waals surface area contributed by atoms with Crippen molar-refractivity contribution in [1.29, 1.82) is 0 Å². The molecule has 0 aliphatic rings. The normalized spacial score (nSPS) is 8.50. The van der Waals surface area contributed by atoms with E-state index >= 15 is 0 Å². The molecule has 0 rings (SSSR count). The molecule has 3 heteroatoms. The number of ether oxygens (including phenoxy) is 1. The lowest BCUT2D eigenvalue weighted by Crippen LogP contribution is -2.00. The van der Waals surface area contributed by atoms with Crippen LogP contribution in [0.5, 0.6) is 0 Å². The van der Waals surface area contributed by atoms with Gasteiger partial charge in [-0.1, -0.05) is 33.3 Å². The number of unbranched alkanes of at least 4 members (excludes halogenated alkanes) is 2. The third kappa shape index (κ3) is 17.6. The van der Waals surface area contributed by atoms with Gasteiger partial charge in [0.25, 0.3) is 0 Å². The Morgan fingerprint density at radius 3 is 2.21 bits per heavy atom. The minimum atomic E-state index is -0.330. The second kappa shape index (κ2) is 15.1.